The van der Waals surface area contributed by atoms with E-state index < -0.39 is 23.0 Å². The Balaban J connectivity index is 1.20. The maximum absolute atomic E-state index is 12.9. The predicted octanol–water partition coefficient (Wildman–Crippen LogP) is 3.64. The fraction of sp³-hybridized carbons (Fsp3) is 0.516. The molecule has 6 rings (SSSR count). The molecule has 2 saturated heterocycles. The molecule has 2 N–H and O–H groups in total. The zero-order valence-corrected chi connectivity index (χ0v) is 25.8. The number of carbonyl (C=O) groups is 2. The second-order valence-electron chi connectivity index (χ2n) is 12.6. The van der Waals surface area contributed by atoms with E-state index >= 15 is 0 Å². The van der Waals surface area contributed by atoms with Crippen molar-refractivity contribution in [2.75, 3.05) is 57.4 Å². The third-order valence-electron chi connectivity index (χ3n) is 8.31. The summed E-state index contributed by atoms with van der Waals surface area (Å²) in [6, 6.07) is 6.11. The standard InChI is InChI=1S/C31H40N8O5/c1-5-43-22-16-23(26-24-18-33-35-27(24)36-39(26)19-22)21-6-7-25(32-17-21)38-10-8-31(9-11-38,20-37-12-14-42-15-13-37)34-29(41)44-28(40)30(2,3)4/h6-7,16-19H,5,8-15,20H2,1-4H3,(H,34,41)(H,35,36). The van der Waals surface area contributed by atoms with Crippen molar-refractivity contribution in [1.29, 1.82) is 0 Å². The van der Waals surface area contributed by atoms with E-state index in [0.29, 0.717) is 57.9 Å². The number of hydrogen-bond acceptors (Lipinski definition) is 10. The number of hydrogen-bond donors (Lipinski definition) is 2. The van der Waals surface area contributed by atoms with Gasteiger partial charge in [-0.25, -0.2) is 14.3 Å². The third kappa shape index (κ3) is 6.20. The number of aromatic nitrogens is 5. The van der Waals surface area contributed by atoms with Crippen LogP contribution in [0.2, 0.25) is 0 Å². The molecule has 2 fully saturated rings. The summed E-state index contributed by atoms with van der Waals surface area (Å²) in [5.74, 6) is 1.03. The van der Waals surface area contributed by atoms with Gasteiger partial charge in [-0.15, -0.1) is 5.10 Å². The topological polar surface area (TPSA) is 139 Å². The molecular weight excluding hydrogens is 564 g/mol. The van der Waals surface area contributed by atoms with E-state index in [9.17, 15) is 9.59 Å². The van der Waals surface area contributed by atoms with Gasteiger partial charge in [-0.2, -0.15) is 5.10 Å². The molecule has 0 aromatic carbocycles. The van der Waals surface area contributed by atoms with Crippen LogP contribution in [0.25, 0.3) is 27.7 Å². The number of fused-ring (bicyclic) bond motifs is 3. The quantitative estimate of drug-likeness (QED) is 0.237. The van der Waals surface area contributed by atoms with E-state index in [1.54, 1.807) is 27.0 Å². The van der Waals surface area contributed by atoms with Gasteiger partial charge in [0.1, 0.15) is 11.6 Å². The number of piperidine rings is 1. The molecule has 13 nitrogen and oxygen atoms in total. The van der Waals surface area contributed by atoms with Crippen molar-refractivity contribution in [3.63, 3.8) is 0 Å². The molecule has 2 aliphatic heterocycles. The number of ether oxygens (including phenoxy) is 3. The highest BCUT2D eigenvalue weighted by Crippen LogP contribution is 2.34. The summed E-state index contributed by atoms with van der Waals surface area (Å²) in [5, 5.41) is 15.7. The van der Waals surface area contributed by atoms with Crippen molar-refractivity contribution in [2.24, 2.45) is 5.41 Å². The Morgan fingerprint density at radius 1 is 1.11 bits per heavy atom. The van der Waals surface area contributed by atoms with Crippen LogP contribution < -0.4 is 15.0 Å². The first-order valence-corrected chi connectivity index (χ1v) is 15.2. The number of alkyl carbamates (subject to hydrolysis) is 1. The summed E-state index contributed by atoms with van der Waals surface area (Å²) < 4.78 is 18.4. The number of esters is 1. The van der Waals surface area contributed by atoms with Crippen LogP contribution in [0, 0.1) is 5.41 Å². The van der Waals surface area contributed by atoms with Crippen molar-refractivity contribution in [3.05, 3.63) is 36.8 Å². The van der Waals surface area contributed by atoms with Crippen LogP contribution in [0.5, 0.6) is 5.75 Å². The number of H-pyrrole nitrogens is 1. The molecule has 0 bridgehead atoms. The fourth-order valence-corrected chi connectivity index (χ4v) is 5.89. The summed E-state index contributed by atoms with van der Waals surface area (Å²) >= 11 is 0. The largest absolute Gasteiger partial charge is 0.492 e. The van der Waals surface area contributed by atoms with Gasteiger partial charge in [-0.1, -0.05) is 0 Å². The van der Waals surface area contributed by atoms with E-state index in [4.69, 9.17) is 19.2 Å². The number of anilines is 1. The van der Waals surface area contributed by atoms with Crippen LogP contribution in [-0.4, -0.2) is 99.8 Å². The molecule has 0 saturated carbocycles. The van der Waals surface area contributed by atoms with Gasteiger partial charge in [0.05, 0.1) is 54.1 Å². The van der Waals surface area contributed by atoms with Crippen molar-refractivity contribution >= 4 is 34.4 Å². The van der Waals surface area contributed by atoms with Gasteiger partial charge < -0.3 is 24.4 Å². The Morgan fingerprint density at radius 2 is 1.89 bits per heavy atom. The Labute approximate surface area is 255 Å². The zero-order valence-electron chi connectivity index (χ0n) is 25.8. The van der Waals surface area contributed by atoms with Crippen LogP contribution in [-0.2, 0) is 14.3 Å². The Morgan fingerprint density at radius 3 is 2.57 bits per heavy atom. The molecule has 44 heavy (non-hydrogen) atoms. The smallest absolute Gasteiger partial charge is 0.415 e. The van der Waals surface area contributed by atoms with E-state index in [1.807, 2.05) is 36.0 Å². The third-order valence-corrected chi connectivity index (χ3v) is 8.31. The number of amides is 1. The first-order valence-electron chi connectivity index (χ1n) is 15.2. The van der Waals surface area contributed by atoms with Gasteiger partial charge in [0, 0.05) is 50.0 Å². The normalized spacial score (nSPS) is 17.6. The molecule has 1 amide bonds. The second-order valence-corrected chi connectivity index (χ2v) is 12.6. The van der Waals surface area contributed by atoms with Gasteiger partial charge in [0.2, 0.25) is 0 Å². The van der Waals surface area contributed by atoms with Crippen molar-refractivity contribution in [2.45, 2.75) is 46.1 Å². The zero-order chi connectivity index (χ0) is 30.9. The lowest BCUT2D eigenvalue weighted by molar-refractivity contribution is -0.146. The van der Waals surface area contributed by atoms with Gasteiger partial charge >= 0.3 is 12.1 Å². The van der Waals surface area contributed by atoms with Crippen molar-refractivity contribution < 1.29 is 23.8 Å². The van der Waals surface area contributed by atoms with Gasteiger partial charge in [0.25, 0.3) is 0 Å². The molecular formula is C31H40N8O5. The summed E-state index contributed by atoms with van der Waals surface area (Å²) in [7, 11) is 0. The SMILES string of the molecule is CCOc1cc(-c2ccc(N3CCC(CN4CCOCC4)(NC(=O)OC(=O)C(C)(C)C)CC3)nc2)c2c3cn[nH]c3nn2c1. The Kier molecular flexibility index (Phi) is 8.16. The predicted molar refractivity (Wildman–Crippen MR) is 165 cm³/mol. The van der Waals surface area contributed by atoms with Crippen LogP contribution in [0.1, 0.15) is 40.5 Å². The fourth-order valence-electron chi connectivity index (χ4n) is 5.89. The molecule has 4 aromatic rings. The number of aromatic amines is 1. The minimum atomic E-state index is -0.769. The number of nitrogens with one attached hydrogen (secondary N) is 2. The summed E-state index contributed by atoms with van der Waals surface area (Å²) in [4.78, 5) is 34.7. The molecule has 2 aliphatic rings. The maximum atomic E-state index is 12.9. The van der Waals surface area contributed by atoms with E-state index in [0.717, 1.165) is 46.7 Å². The van der Waals surface area contributed by atoms with Crippen LogP contribution in [0.15, 0.2) is 36.8 Å². The summed E-state index contributed by atoms with van der Waals surface area (Å²) in [6.07, 6.45) is 6.19. The average Bonchev–Trinajstić information content (AvgIpc) is 3.59. The lowest BCUT2D eigenvalue weighted by atomic mass is 9.86. The van der Waals surface area contributed by atoms with Crippen LogP contribution in [0.3, 0.4) is 0 Å². The van der Waals surface area contributed by atoms with E-state index in [1.165, 1.54) is 0 Å². The molecule has 0 unspecified atom stereocenters. The molecule has 0 aliphatic carbocycles. The monoisotopic (exact) mass is 604 g/mol. The highest BCUT2D eigenvalue weighted by Gasteiger charge is 2.40. The minimum Gasteiger partial charge on any atom is -0.492 e. The summed E-state index contributed by atoms with van der Waals surface area (Å²) in [5.41, 5.74) is 2.23. The van der Waals surface area contributed by atoms with Gasteiger partial charge in [0.15, 0.2) is 5.65 Å². The highest BCUT2D eigenvalue weighted by molar-refractivity contribution is 6.00. The van der Waals surface area contributed by atoms with Gasteiger partial charge in [-0.05, 0) is 58.7 Å². The molecule has 234 valence electrons. The molecule has 4 aromatic heterocycles. The minimum absolute atomic E-state index is 0.535. The molecule has 0 radical (unpaired) electrons. The first-order chi connectivity index (χ1) is 21.1. The number of carbonyl (C=O) groups excluding carboxylic acids is 2. The second kappa shape index (κ2) is 12.0. The van der Waals surface area contributed by atoms with Crippen molar-refractivity contribution in [1.82, 2.24) is 35.0 Å². The molecule has 6 heterocycles. The average molecular weight is 605 g/mol. The highest BCUT2D eigenvalue weighted by atomic mass is 16.6. The Hall–Kier alpha value is -4.23. The van der Waals surface area contributed by atoms with Crippen LogP contribution >= 0.6 is 0 Å². The van der Waals surface area contributed by atoms with E-state index in [-0.39, 0.29) is 0 Å². The van der Waals surface area contributed by atoms with E-state index in [2.05, 4.69) is 36.5 Å². The summed E-state index contributed by atoms with van der Waals surface area (Å²) in [6.45, 7) is 12.7. The molecule has 0 spiro atoms. The maximum Gasteiger partial charge on any atom is 0.415 e. The van der Waals surface area contributed by atoms with Gasteiger partial charge in [-0.3, -0.25) is 14.8 Å². The number of morpholine rings is 1. The van der Waals surface area contributed by atoms with Crippen molar-refractivity contribution in [3.8, 4) is 16.9 Å². The molecule has 13 heteroatoms. The molecule has 0 atom stereocenters. The van der Waals surface area contributed by atoms with Crippen LogP contribution in [0.4, 0.5) is 10.6 Å². The Bertz CT molecular complexity index is 1630. The number of nitrogens with zero attached hydrogens (tertiary/aromatic N) is 6. The lowest BCUT2D eigenvalue weighted by Gasteiger charge is -2.45. The lowest BCUT2D eigenvalue weighted by Crippen LogP contribution is -2.62. The first kappa shape index (κ1) is 29.8. The number of rotatable bonds is 7. The number of pyridine rings is 2.